The van der Waals surface area contributed by atoms with E-state index in [0.29, 0.717) is 4.96 Å². The highest BCUT2D eigenvalue weighted by atomic mass is 32.1. The number of hydrogen-bond donors (Lipinski definition) is 1. The first kappa shape index (κ1) is 14.0. The third-order valence-electron chi connectivity index (χ3n) is 3.47. The SMILES string of the molecule is CCN(CC)c1nn2c(=O)c(C(=O)NC3CC3)cnc2s1. The van der Waals surface area contributed by atoms with Gasteiger partial charge in [-0.25, -0.2) is 4.98 Å². The molecule has 2 heterocycles. The second-order valence-corrected chi connectivity index (χ2v) is 5.91. The molecule has 21 heavy (non-hydrogen) atoms. The summed E-state index contributed by atoms with van der Waals surface area (Å²) < 4.78 is 1.22. The Hall–Kier alpha value is -1.96. The van der Waals surface area contributed by atoms with Crippen molar-refractivity contribution < 1.29 is 4.79 Å². The van der Waals surface area contributed by atoms with Crippen molar-refractivity contribution in [1.82, 2.24) is 19.9 Å². The number of hydrogen-bond acceptors (Lipinski definition) is 6. The second kappa shape index (κ2) is 5.44. The van der Waals surface area contributed by atoms with Crippen LogP contribution in [-0.2, 0) is 0 Å². The molecule has 1 aliphatic carbocycles. The molecule has 7 nitrogen and oxygen atoms in total. The number of aromatic nitrogens is 3. The number of rotatable bonds is 5. The Kier molecular flexibility index (Phi) is 3.62. The van der Waals surface area contributed by atoms with Crippen LogP contribution in [0.5, 0.6) is 0 Å². The quantitative estimate of drug-likeness (QED) is 0.887. The maximum Gasteiger partial charge on any atom is 0.288 e. The van der Waals surface area contributed by atoms with Crippen LogP contribution in [0.1, 0.15) is 37.0 Å². The van der Waals surface area contributed by atoms with Crippen LogP contribution in [0.25, 0.3) is 4.96 Å². The zero-order valence-electron chi connectivity index (χ0n) is 12.0. The normalized spacial score (nSPS) is 14.4. The van der Waals surface area contributed by atoms with E-state index in [1.54, 1.807) is 0 Å². The number of amides is 1. The van der Waals surface area contributed by atoms with Gasteiger partial charge in [-0.05, 0) is 26.7 Å². The van der Waals surface area contributed by atoms with Gasteiger partial charge in [0.1, 0.15) is 5.56 Å². The Morgan fingerprint density at radius 1 is 1.48 bits per heavy atom. The molecular formula is C13H17N5O2S. The molecule has 0 spiro atoms. The summed E-state index contributed by atoms with van der Waals surface area (Å²) in [6.45, 7) is 5.67. The average molecular weight is 307 g/mol. The molecule has 1 N–H and O–H groups in total. The minimum atomic E-state index is -0.409. The first-order valence-corrected chi connectivity index (χ1v) is 7.90. The van der Waals surface area contributed by atoms with Gasteiger partial charge in [-0.2, -0.15) is 4.52 Å². The van der Waals surface area contributed by atoms with E-state index in [4.69, 9.17) is 0 Å². The fraction of sp³-hybridized carbons (Fsp3) is 0.538. The van der Waals surface area contributed by atoms with E-state index in [2.05, 4.69) is 15.4 Å². The van der Waals surface area contributed by atoms with Crippen LogP contribution in [0.4, 0.5) is 5.13 Å². The molecule has 0 saturated heterocycles. The summed E-state index contributed by atoms with van der Waals surface area (Å²) in [5.74, 6) is -0.359. The van der Waals surface area contributed by atoms with Gasteiger partial charge in [0.25, 0.3) is 11.5 Å². The Morgan fingerprint density at radius 3 is 2.81 bits per heavy atom. The van der Waals surface area contributed by atoms with Gasteiger partial charge >= 0.3 is 0 Å². The lowest BCUT2D eigenvalue weighted by molar-refractivity contribution is 0.0949. The van der Waals surface area contributed by atoms with E-state index in [1.807, 2.05) is 18.7 Å². The molecule has 0 aromatic carbocycles. The zero-order valence-corrected chi connectivity index (χ0v) is 12.8. The van der Waals surface area contributed by atoms with Crippen LogP contribution < -0.4 is 15.8 Å². The van der Waals surface area contributed by atoms with Crippen molar-refractivity contribution in [3.05, 3.63) is 22.1 Å². The first-order chi connectivity index (χ1) is 10.1. The summed E-state index contributed by atoms with van der Waals surface area (Å²) in [7, 11) is 0. The Bertz CT molecular complexity index is 730. The Balaban J connectivity index is 1.99. The summed E-state index contributed by atoms with van der Waals surface area (Å²) in [6, 6.07) is 0.208. The summed E-state index contributed by atoms with van der Waals surface area (Å²) in [5, 5.41) is 7.84. The van der Waals surface area contributed by atoms with Crippen LogP contribution in [0.15, 0.2) is 11.0 Å². The van der Waals surface area contributed by atoms with Crippen molar-refractivity contribution in [2.75, 3.05) is 18.0 Å². The minimum Gasteiger partial charge on any atom is -0.349 e. The third kappa shape index (κ3) is 2.63. The smallest absolute Gasteiger partial charge is 0.288 e. The lowest BCUT2D eigenvalue weighted by Gasteiger charge is -2.15. The molecule has 2 aromatic heterocycles. The predicted octanol–water partition coefficient (Wildman–Crippen LogP) is 0.889. The van der Waals surface area contributed by atoms with Gasteiger partial charge in [-0.3, -0.25) is 9.59 Å². The third-order valence-corrected chi connectivity index (χ3v) is 4.45. The number of nitrogens with one attached hydrogen (secondary N) is 1. The average Bonchev–Trinajstić information content (AvgIpc) is 3.17. The van der Waals surface area contributed by atoms with E-state index in [9.17, 15) is 9.59 Å². The van der Waals surface area contributed by atoms with Crippen molar-refractivity contribution in [2.45, 2.75) is 32.7 Å². The second-order valence-electron chi connectivity index (χ2n) is 4.98. The van der Waals surface area contributed by atoms with Crippen LogP contribution in [0.2, 0.25) is 0 Å². The fourth-order valence-electron chi connectivity index (χ4n) is 2.04. The van der Waals surface area contributed by atoms with Crippen molar-refractivity contribution in [2.24, 2.45) is 0 Å². The van der Waals surface area contributed by atoms with Crippen molar-refractivity contribution in [3.8, 4) is 0 Å². The van der Waals surface area contributed by atoms with Gasteiger partial charge in [0.05, 0.1) is 0 Å². The molecule has 0 bridgehead atoms. The largest absolute Gasteiger partial charge is 0.349 e. The molecule has 0 aliphatic heterocycles. The molecule has 0 unspecified atom stereocenters. The topological polar surface area (TPSA) is 79.6 Å². The predicted molar refractivity (Wildman–Crippen MR) is 81.2 cm³/mol. The van der Waals surface area contributed by atoms with E-state index in [1.165, 1.54) is 22.0 Å². The fourth-order valence-corrected chi connectivity index (χ4v) is 3.03. The van der Waals surface area contributed by atoms with Crippen LogP contribution in [0, 0.1) is 0 Å². The number of carbonyl (C=O) groups excluding carboxylic acids is 1. The molecule has 0 radical (unpaired) electrons. The molecule has 1 aliphatic rings. The molecule has 8 heteroatoms. The number of carbonyl (C=O) groups is 1. The molecule has 1 fully saturated rings. The Morgan fingerprint density at radius 2 is 2.19 bits per heavy atom. The molecule has 1 amide bonds. The van der Waals surface area contributed by atoms with Gasteiger partial charge < -0.3 is 10.2 Å². The summed E-state index contributed by atoms with van der Waals surface area (Å²) in [5.41, 5.74) is -0.358. The van der Waals surface area contributed by atoms with E-state index in [-0.39, 0.29) is 17.5 Å². The summed E-state index contributed by atoms with van der Waals surface area (Å²) in [4.78, 5) is 31.1. The molecule has 2 aromatic rings. The number of fused-ring (bicyclic) bond motifs is 1. The first-order valence-electron chi connectivity index (χ1n) is 7.08. The van der Waals surface area contributed by atoms with Gasteiger partial charge in [-0.1, -0.05) is 11.3 Å². The van der Waals surface area contributed by atoms with Crippen molar-refractivity contribution in [3.63, 3.8) is 0 Å². The molecule has 1 saturated carbocycles. The minimum absolute atomic E-state index is 0.0517. The van der Waals surface area contributed by atoms with E-state index in [0.717, 1.165) is 31.1 Å². The lowest BCUT2D eigenvalue weighted by Crippen LogP contribution is -2.33. The summed E-state index contributed by atoms with van der Waals surface area (Å²) >= 11 is 1.35. The van der Waals surface area contributed by atoms with Crippen molar-refractivity contribution >= 4 is 27.3 Å². The highest BCUT2D eigenvalue weighted by Gasteiger charge is 2.26. The van der Waals surface area contributed by atoms with E-state index < -0.39 is 5.56 Å². The zero-order chi connectivity index (χ0) is 15.0. The number of nitrogens with zero attached hydrogens (tertiary/aromatic N) is 4. The maximum atomic E-state index is 12.4. The maximum absolute atomic E-state index is 12.4. The highest BCUT2D eigenvalue weighted by Crippen LogP contribution is 2.21. The molecular weight excluding hydrogens is 290 g/mol. The van der Waals surface area contributed by atoms with Gasteiger partial charge in [0.2, 0.25) is 10.1 Å². The van der Waals surface area contributed by atoms with Gasteiger partial charge in [0, 0.05) is 25.3 Å². The molecule has 0 atom stereocenters. The molecule has 112 valence electrons. The lowest BCUT2D eigenvalue weighted by atomic mass is 10.3. The summed E-state index contributed by atoms with van der Waals surface area (Å²) in [6.07, 6.45) is 3.30. The van der Waals surface area contributed by atoms with Crippen LogP contribution in [0.3, 0.4) is 0 Å². The number of anilines is 1. The highest BCUT2D eigenvalue weighted by molar-refractivity contribution is 7.20. The standard InChI is InChI=1S/C13H17N5O2S/c1-3-17(4-2)13-16-18-11(20)9(7-14-12(18)21-13)10(19)15-8-5-6-8/h7-8H,3-6H2,1-2H3,(H,15,19). The van der Waals surface area contributed by atoms with Crippen LogP contribution >= 0.6 is 11.3 Å². The molecule has 3 rings (SSSR count). The van der Waals surface area contributed by atoms with Gasteiger partial charge in [0.15, 0.2) is 0 Å². The van der Waals surface area contributed by atoms with Crippen molar-refractivity contribution in [1.29, 1.82) is 0 Å². The van der Waals surface area contributed by atoms with Gasteiger partial charge in [-0.15, -0.1) is 5.10 Å². The van der Waals surface area contributed by atoms with Crippen LogP contribution in [-0.4, -0.2) is 39.6 Å². The van der Waals surface area contributed by atoms with E-state index >= 15 is 0 Å². The Labute approximate surface area is 125 Å². The monoisotopic (exact) mass is 307 g/mol.